The second-order valence-electron chi connectivity index (χ2n) is 3.88. The van der Waals surface area contributed by atoms with Crippen molar-refractivity contribution in [2.75, 3.05) is 31.1 Å². The van der Waals surface area contributed by atoms with Crippen LogP contribution in [0.1, 0.15) is 0 Å². The van der Waals surface area contributed by atoms with Crippen LogP contribution in [0, 0.1) is 11.5 Å². The van der Waals surface area contributed by atoms with E-state index in [1.54, 1.807) is 6.19 Å². The van der Waals surface area contributed by atoms with Crippen molar-refractivity contribution in [1.82, 2.24) is 4.90 Å². The van der Waals surface area contributed by atoms with Crippen LogP contribution in [-0.4, -0.2) is 37.0 Å². The van der Waals surface area contributed by atoms with Gasteiger partial charge in [0.1, 0.15) is 0 Å². The first-order chi connectivity index (χ1) is 8.31. The summed E-state index contributed by atoms with van der Waals surface area (Å²) in [6, 6.07) is 10.3. The van der Waals surface area contributed by atoms with E-state index in [1.165, 1.54) is 5.69 Å². The molecule has 1 saturated heterocycles. The highest BCUT2D eigenvalue weighted by Gasteiger charge is 2.18. The van der Waals surface area contributed by atoms with Crippen molar-refractivity contribution in [3.8, 4) is 6.19 Å². The molecule has 1 aliphatic rings. The zero-order valence-electron chi connectivity index (χ0n) is 9.58. The maximum absolute atomic E-state index is 8.44. The van der Waals surface area contributed by atoms with Crippen LogP contribution in [0.3, 0.4) is 0 Å². The van der Waals surface area contributed by atoms with Gasteiger partial charge >= 0.3 is 0 Å². The average Bonchev–Trinajstić information content (AvgIpc) is 2.40. The van der Waals surface area contributed by atoms with Crippen LogP contribution in [-0.2, 0) is 0 Å². The van der Waals surface area contributed by atoms with Gasteiger partial charge in [-0.2, -0.15) is 5.26 Å². The highest BCUT2D eigenvalue weighted by atomic mass is 15.3. The average molecular weight is 229 g/mol. The van der Waals surface area contributed by atoms with E-state index in [0.29, 0.717) is 5.96 Å². The third kappa shape index (κ3) is 2.67. The van der Waals surface area contributed by atoms with Gasteiger partial charge in [0.15, 0.2) is 0 Å². The second-order valence-corrected chi connectivity index (χ2v) is 3.88. The number of nitriles is 1. The van der Waals surface area contributed by atoms with E-state index >= 15 is 0 Å². The number of nitrogens with two attached hydrogens (primary N) is 1. The molecule has 5 nitrogen and oxygen atoms in total. The van der Waals surface area contributed by atoms with Crippen molar-refractivity contribution < 1.29 is 0 Å². The Morgan fingerprint density at radius 2 is 1.82 bits per heavy atom. The predicted molar refractivity (Wildman–Crippen MR) is 67.5 cm³/mol. The largest absolute Gasteiger partial charge is 0.369 e. The highest BCUT2D eigenvalue weighted by Crippen LogP contribution is 2.15. The number of rotatable bonds is 1. The summed E-state index contributed by atoms with van der Waals surface area (Å²) in [6.45, 7) is 3.38. The minimum Gasteiger partial charge on any atom is -0.369 e. The van der Waals surface area contributed by atoms with E-state index in [9.17, 15) is 0 Å². The Kier molecular flexibility index (Phi) is 3.46. The molecule has 0 aliphatic carbocycles. The fraction of sp³-hybridized carbons (Fsp3) is 0.333. The van der Waals surface area contributed by atoms with Crippen LogP contribution in [0.5, 0.6) is 0 Å². The number of nitrogens with zero attached hydrogens (tertiary/aromatic N) is 4. The van der Waals surface area contributed by atoms with Crippen molar-refractivity contribution in [2.24, 2.45) is 10.7 Å². The zero-order chi connectivity index (χ0) is 12.1. The zero-order valence-corrected chi connectivity index (χ0v) is 9.58. The Balaban J connectivity index is 1.95. The first kappa shape index (κ1) is 11.3. The van der Waals surface area contributed by atoms with E-state index in [1.807, 2.05) is 23.1 Å². The SMILES string of the molecule is N#CN=C(N)N1CCN(c2ccccc2)CC1. The monoisotopic (exact) mass is 229 g/mol. The van der Waals surface area contributed by atoms with E-state index in [4.69, 9.17) is 11.0 Å². The first-order valence-corrected chi connectivity index (χ1v) is 5.58. The molecule has 0 amide bonds. The number of anilines is 1. The summed E-state index contributed by atoms with van der Waals surface area (Å²) in [5, 5.41) is 8.44. The molecule has 0 radical (unpaired) electrons. The summed E-state index contributed by atoms with van der Waals surface area (Å²) in [6.07, 6.45) is 1.72. The van der Waals surface area contributed by atoms with E-state index in [2.05, 4.69) is 22.0 Å². The minimum atomic E-state index is 0.320. The molecule has 17 heavy (non-hydrogen) atoms. The van der Waals surface area contributed by atoms with Gasteiger partial charge in [-0.25, -0.2) is 0 Å². The van der Waals surface area contributed by atoms with Crippen molar-refractivity contribution in [2.45, 2.75) is 0 Å². The van der Waals surface area contributed by atoms with Gasteiger partial charge in [0.05, 0.1) is 0 Å². The van der Waals surface area contributed by atoms with Crippen molar-refractivity contribution in [1.29, 1.82) is 5.26 Å². The van der Waals surface area contributed by atoms with Crippen LogP contribution in [0.2, 0.25) is 0 Å². The summed E-state index contributed by atoms with van der Waals surface area (Å²) in [5.41, 5.74) is 6.90. The van der Waals surface area contributed by atoms with Crippen LogP contribution in [0.25, 0.3) is 0 Å². The highest BCUT2D eigenvalue weighted by molar-refractivity contribution is 5.79. The molecule has 2 N–H and O–H groups in total. The summed E-state index contributed by atoms with van der Waals surface area (Å²) >= 11 is 0. The molecule has 1 aliphatic heterocycles. The summed E-state index contributed by atoms with van der Waals surface area (Å²) in [7, 11) is 0. The molecule has 1 fully saturated rings. The van der Waals surface area contributed by atoms with Crippen LogP contribution >= 0.6 is 0 Å². The van der Waals surface area contributed by atoms with E-state index < -0.39 is 0 Å². The molecular weight excluding hydrogens is 214 g/mol. The van der Waals surface area contributed by atoms with Crippen molar-refractivity contribution in [3.63, 3.8) is 0 Å². The number of para-hydroxylation sites is 1. The smallest absolute Gasteiger partial charge is 0.209 e. The second kappa shape index (κ2) is 5.21. The Labute approximate surface area is 101 Å². The van der Waals surface area contributed by atoms with Gasteiger partial charge in [0.25, 0.3) is 0 Å². The molecule has 88 valence electrons. The fourth-order valence-electron chi connectivity index (χ4n) is 1.95. The lowest BCUT2D eigenvalue weighted by Crippen LogP contribution is -2.51. The Morgan fingerprint density at radius 1 is 1.18 bits per heavy atom. The molecule has 0 saturated carbocycles. The van der Waals surface area contributed by atoms with Gasteiger partial charge in [-0.1, -0.05) is 18.2 Å². The maximum atomic E-state index is 8.44. The molecule has 0 atom stereocenters. The van der Waals surface area contributed by atoms with E-state index in [0.717, 1.165) is 26.2 Å². The van der Waals surface area contributed by atoms with Crippen molar-refractivity contribution >= 4 is 11.6 Å². The van der Waals surface area contributed by atoms with Gasteiger partial charge < -0.3 is 15.5 Å². The van der Waals surface area contributed by atoms with Gasteiger partial charge in [-0.3, -0.25) is 0 Å². The molecular formula is C12H15N5. The number of hydrogen-bond donors (Lipinski definition) is 1. The number of guanidine groups is 1. The Bertz CT molecular complexity index is 426. The summed E-state index contributed by atoms with van der Waals surface area (Å²) in [5.74, 6) is 0.320. The van der Waals surface area contributed by atoms with Gasteiger partial charge in [0.2, 0.25) is 12.2 Å². The minimum absolute atomic E-state index is 0.320. The number of aliphatic imine (C=N–C) groups is 1. The topological polar surface area (TPSA) is 68.6 Å². The third-order valence-electron chi connectivity index (χ3n) is 2.89. The molecule has 0 aromatic heterocycles. The molecule has 0 unspecified atom stereocenters. The molecule has 1 aromatic rings. The molecule has 1 aromatic carbocycles. The van der Waals surface area contributed by atoms with Gasteiger partial charge in [-0.15, -0.1) is 4.99 Å². The lowest BCUT2D eigenvalue weighted by molar-refractivity contribution is 0.382. The van der Waals surface area contributed by atoms with Crippen molar-refractivity contribution in [3.05, 3.63) is 30.3 Å². The fourth-order valence-corrected chi connectivity index (χ4v) is 1.95. The molecule has 0 spiro atoms. The Hall–Kier alpha value is -2.22. The summed E-state index contributed by atoms with van der Waals surface area (Å²) < 4.78 is 0. The molecule has 1 heterocycles. The third-order valence-corrected chi connectivity index (χ3v) is 2.89. The Morgan fingerprint density at radius 3 is 2.41 bits per heavy atom. The lowest BCUT2D eigenvalue weighted by Gasteiger charge is -2.36. The predicted octanol–water partition coefficient (Wildman–Crippen LogP) is 0.604. The summed E-state index contributed by atoms with van der Waals surface area (Å²) in [4.78, 5) is 7.79. The number of piperazine rings is 1. The first-order valence-electron chi connectivity index (χ1n) is 5.58. The van der Waals surface area contributed by atoms with E-state index in [-0.39, 0.29) is 0 Å². The van der Waals surface area contributed by atoms with Gasteiger partial charge in [-0.05, 0) is 12.1 Å². The number of benzene rings is 1. The van der Waals surface area contributed by atoms with Crippen LogP contribution < -0.4 is 10.6 Å². The van der Waals surface area contributed by atoms with Gasteiger partial charge in [0, 0.05) is 31.9 Å². The van der Waals surface area contributed by atoms with Crippen LogP contribution in [0.4, 0.5) is 5.69 Å². The molecule has 2 rings (SSSR count). The normalized spacial score (nSPS) is 16.8. The molecule has 0 bridgehead atoms. The quantitative estimate of drug-likeness (QED) is 0.435. The van der Waals surface area contributed by atoms with Crippen LogP contribution in [0.15, 0.2) is 35.3 Å². The molecule has 5 heteroatoms. The number of hydrogen-bond acceptors (Lipinski definition) is 3. The maximum Gasteiger partial charge on any atom is 0.209 e. The standard InChI is InChI=1S/C12H15N5/c13-10-15-12(14)17-8-6-16(7-9-17)11-4-2-1-3-5-11/h1-5H,6-9H2,(H2,14,15). The lowest BCUT2D eigenvalue weighted by atomic mass is 10.2.